The minimum absolute atomic E-state index is 0.253. The second kappa shape index (κ2) is 6.69. The molecule has 0 spiro atoms. The molecule has 0 radical (unpaired) electrons. The average Bonchev–Trinajstić information content (AvgIpc) is 2.99. The van der Waals surface area contributed by atoms with E-state index in [1.807, 2.05) is 12.4 Å². The molecular formula is C17H20BrN3. The van der Waals surface area contributed by atoms with Crippen LogP contribution in [-0.2, 0) is 0 Å². The summed E-state index contributed by atoms with van der Waals surface area (Å²) in [5.74, 6) is 0.611. The second-order valence-corrected chi connectivity index (χ2v) is 6.49. The molecule has 4 heteroatoms. The molecule has 3 nitrogen and oxygen atoms in total. The van der Waals surface area contributed by atoms with Crippen molar-refractivity contribution in [2.75, 3.05) is 19.6 Å². The fourth-order valence-electron chi connectivity index (χ4n) is 3.17. The molecule has 1 aromatic heterocycles. The molecule has 0 bridgehead atoms. The lowest BCUT2D eigenvalue weighted by atomic mass is 9.98. The third-order valence-electron chi connectivity index (χ3n) is 4.27. The summed E-state index contributed by atoms with van der Waals surface area (Å²) in [5, 5.41) is 0. The number of halogens is 1. The first kappa shape index (κ1) is 14.7. The molecule has 1 aliphatic heterocycles. The lowest BCUT2D eigenvalue weighted by molar-refractivity contribution is 0.247. The van der Waals surface area contributed by atoms with Crippen molar-refractivity contribution in [2.24, 2.45) is 5.73 Å². The topological polar surface area (TPSA) is 42.1 Å². The number of hydrogen-bond donors (Lipinski definition) is 1. The quantitative estimate of drug-likeness (QED) is 0.923. The predicted molar refractivity (Wildman–Crippen MR) is 89.1 cm³/mol. The van der Waals surface area contributed by atoms with Gasteiger partial charge in [-0.3, -0.25) is 9.88 Å². The second-order valence-electron chi connectivity index (χ2n) is 5.58. The molecular weight excluding hydrogens is 326 g/mol. The highest BCUT2D eigenvalue weighted by Gasteiger charge is 2.29. The van der Waals surface area contributed by atoms with Crippen molar-refractivity contribution in [3.8, 4) is 0 Å². The van der Waals surface area contributed by atoms with Crippen LogP contribution >= 0.6 is 15.9 Å². The molecule has 3 rings (SSSR count). The molecule has 21 heavy (non-hydrogen) atoms. The maximum Gasteiger partial charge on any atom is 0.0486 e. The largest absolute Gasteiger partial charge is 0.329 e. The number of hydrogen-bond acceptors (Lipinski definition) is 3. The van der Waals surface area contributed by atoms with Gasteiger partial charge in [0.1, 0.15) is 0 Å². The molecule has 0 aliphatic carbocycles. The molecule has 110 valence electrons. The Hall–Kier alpha value is -1.23. The summed E-state index contributed by atoms with van der Waals surface area (Å²) in [7, 11) is 0. The van der Waals surface area contributed by atoms with Crippen LogP contribution in [0.3, 0.4) is 0 Å². The Morgan fingerprint density at radius 1 is 1.29 bits per heavy atom. The van der Waals surface area contributed by atoms with Crippen molar-refractivity contribution < 1.29 is 0 Å². The number of benzene rings is 1. The fourth-order valence-corrected chi connectivity index (χ4v) is 3.56. The number of likely N-dealkylation sites (tertiary alicyclic amines) is 1. The molecule has 1 aromatic carbocycles. The summed E-state index contributed by atoms with van der Waals surface area (Å²) >= 11 is 3.49. The van der Waals surface area contributed by atoms with Crippen LogP contribution in [0.2, 0.25) is 0 Å². The summed E-state index contributed by atoms with van der Waals surface area (Å²) in [4.78, 5) is 6.76. The van der Waals surface area contributed by atoms with E-state index in [1.54, 1.807) is 0 Å². The smallest absolute Gasteiger partial charge is 0.0486 e. The number of nitrogens with two attached hydrogens (primary N) is 1. The normalized spacial score (nSPS) is 20.6. The number of nitrogens with zero attached hydrogens (tertiary/aromatic N) is 2. The van der Waals surface area contributed by atoms with Gasteiger partial charge >= 0.3 is 0 Å². The maximum absolute atomic E-state index is 6.03. The van der Waals surface area contributed by atoms with Gasteiger partial charge in [-0.2, -0.15) is 0 Å². The summed E-state index contributed by atoms with van der Waals surface area (Å²) in [6, 6.07) is 13.2. The van der Waals surface area contributed by atoms with Gasteiger partial charge in [-0.25, -0.2) is 0 Å². The number of aromatic nitrogens is 1. The summed E-state index contributed by atoms with van der Waals surface area (Å²) in [6.07, 6.45) is 4.94. The third kappa shape index (κ3) is 3.34. The highest BCUT2D eigenvalue weighted by Crippen LogP contribution is 2.32. The molecule has 2 atom stereocenters. The molecule has 2 aromatic rings. The zero-order valence-electron chi connectivity index (χ0n) is 12.0. The van der Waals surface area contributed by atoms with E-state index in [1.165, 1.54) is 17.5 Å². The van der Waals surface area contributed by atoms with Crippen LogP contribution in [0.15, 0.2) is 53.3 Å². The number of pyridine rings is 1. The van der Waals surface area contributed by atoms with Crippen LogP contribution in [0.4, 0.5) is 0 Å². The van der Waals surface area contributed by atoms with Gasteiger partial charge in [0.2, 0.25) is 0 Å². The standard InChI is InChI=1S/C17H20BrN3/c18-16-8-15(10-20-11-16)17(9-19)21-7-6-14(12-21)13-4-2-1-3-5-13/h1-5,8,10-11,14,17H,6-7,9,12,19H2. The van der Waals surface area contributed by atoms with E-state index in [4.69, 9.17) is 5.73 Å². The molecule has 2 unspecified atom stereocenters. The van der Waals surface area contributed by atoms with Gasteiger partial charge in [-0.15, -0.1) is 0 Å². The first-order valence-corrected chi connectivity index (χ1v) is 8.16. The van der Waals surface area contributed by atoms with Gasteiger partial charge in [0, 0.05) is 36.0 Å². The zero-order valence-corrected chi connectivity index (χ0v) is 13.5. The molecule has 0 saturated carbocycles. The van der Waals surface area contributed by atoms with E-state index in [0.29, 0.717) is 12.5 Å². The van der Waals surface area contributed by atoms with Gasteiger partial charge in [0.05, 0.1) is 0 Å². The summed E-state index contributed by atoms with van der Waals surface area (Å²) in [6.45, 7) is 2.78. The van der Waals surface area contributed by atoms with Crippen molar-refractivity contribution >= 4 is 15.9 Å². The van der Waals surface area contributed by atoms with E-state index in [2.05, 4.69) is 62.2 Å². The first-order valence-electron chi connectivity index (χ1n) is 7.37. The SMILES string of the molecule is NCC(c1cncc(Br)c1)N1CCC(c2ccccc2)C1. The van der Waals surface area contributed by atoms with E-state index in [0.717, 1.165) is 17.6 Å². The van der Waals surface area contributed by atoms with Crippen LogP contribution in [0, 0.1) is 0 Å². The van der Waals surface area contributed by atoms with Gasteiger partial charge in [-0.05, 0) is 52.0 Å². The monoisotopic (exact) mass is 345 g/mol. The van der Waals surface area contributed by atoms with E-state index in [9.17, 15) is 0 Å². The fraction of sp³-hybridized carbons (Fsp3) is 0.353. The maximum atomic E-state index is 6.03. The van der Waals surface area contributed by atoms with Crippen LogP contribution in [0.25, 0.3) is 0 Å². The Bertz CT molecular complexity index is 588. The lowest BCUT2D eigenvalue weighted by Gasteiger charge is -2.27. The number of rotatable bonds is 4. The van der Waals surface area contributed by atoms with Gasteiger partial charge < -0.3 is 5.73 Å². The van der Waals surface area contributed by atoms with Crippen LogP contribution < -0.4 is 5.73 Å². The molecule has 0 amide bonds. The van der Waals surface area contributed by atoms with Crippen LogP contribution in [-0.4, -0.2) is 29.5 Å². The molecule has 1 saturated heterocycles. The molecule has 2 N–H and O–H groups in total. The minimum atomic E-state index is 0.253. The van der Waals surface area contributed by atoms with Gasteiger partial charge in [0.25, 0.3) is 0 Å². The predicted octanol–water partition coefficient (Wildman–Crippen LogP) is 3.33. The minimum Gasteiger partial charge on any atom is -0.329 e. The van der Waals surface area contributed by atoms with Crippen molar-refractivity contribution in [3.63, 3.8) is 0 Å². The van der Waals surface area contributed by atoms with E-state index >= 15 is 0 Å². The van der Waals surface area contributed by atoms with Crippen molar-refractivity contribution in [3.05, 3.63) is 64.4 Å². The van der Waals surface area contributed by atoms with Gasteiger partial charge in [-0.1, -0.05) is 30.3 Å². The van der Waals surface area contributed by atoms with Crippen LogP contribution in [0.5, 0.6) is 0 Å². The Morgan fingerprint density at radius 2 is 2.10 bits per heavy atom. The van der Waals surface area contributed by atoms with Gasteiger partial charge in [0.15, 0.2) is 0 Å². The molecule has 1 aliphatic rings. The van der Waals surface area contributed by atoms with E-state index in [-0.39, 0.29) is 6.04 Å². The zero-order chi connectivity index (χ0) is 14.7. The van der Waals surface area contributed by atoms with Crippen LogP contribution in [0.1, 0.15) is 29.5 Å². The third-order valence-corrected chi connectivity index (χ3v) is 4.70. The average molecular weight is 346 g/mol. The Labute approximate surface area is 134 Å². The summed E-state index contributed by atoms with van der Waals surface area (Å²) in [5.41, 5.74) is 8.66. The first-order chi connectivity index (χ1) is 10.3. The van der Waals surface area contributed by atoms with Crippen molar-refractivity contribution in [2.45, 2.75) is 18.4 Å². The van der Waals surface area contributed by atoms with E-state index < -0.39 is 0 Å². The molecule has 2 heterocycles. The Balaban J connectivity index is 1.75. The summed E-state index contributed by atoms with van der Waals surface area (Å²) < 4.78 is 1.01. The Morgan fingerprint density at radius 3 is 2.81 bits per heavy atom. The van der Waals surface area contributed by atoms with Crippen molar-refractivity contribution in [1.29, 1.82) is 0 Å². The highest BCUT2D eigenvalue weighted by atomic mass is 79.9. The van der Waals surface area contributed by atoms with Crippen molar-refractivity contribution in [1.82, 2.24) is 9.88 Å². The highest BCUT2D eigenvalue weighted by molar-refractivity contribution is 9.10. The molecule has 1 fully saturated rings. The Kier molecular flexibility index (Phi) is 4.68. The lowest BCUT2D eigenvalue weighted by Crippen LogP contribution is -2.32.